The predicted molar refractivity (Wildman–Crippen MR) is 131 cm³/mol. The lowest BCUT2D eigenvalue weighted by atomic mass is 9.98. The van der Waals surface area contributed by atoms with Crippen LogP contribution in [-0.4, -0.2) is 19.7 Å². The van der Waals surface area contributed by atoms with Gasteiger partial charge in [0.25, 0.3) is 0 Å². The van der Waals surface area contributed by atoms with Crippen LogP contribution >= 0.6 is 11.6 Å². The summed E-state index contributed by atoms with van der Waals surface area (Å²) in [5.41, 5.74) is 6.30. The van der Waals surface area contributed by atoms with Crippen molar-refractivity contribution in [2.45, 2.75) is 33.7 Å². The highest BCUT2D eigenvalue weighted by molar-refractivity contribution is 6.33. The Morgan fingerprint density at radius 2 is 1.37 bits per heavy atom. The first-order valence-electron chi connectivity index (χ1n) is 10.5. The van der Waals surface area contributed by atoms with Gasteiger partial charge in [0.2, 0.25) is 0 Å². The van der Waals surface area contributed by atoms with Crippen molar-refractivity contribution >= 4 is 23.0 Å². The molecule has 0 atom stereocenters. The fourth-order valence-electron chi connectivity index (χ4n) is 3.34. The van der Waals surface area contributed by atoms with Crippen molar-refractivity contribution in [1.82, 2.24) is 0 Å². The average molecular weight is 423 g/mol. The van der Waals surface area contributed by atoms with Crippen LogP contribution in [0.1, 0.15) is 27.7 Å². The average Bonchev–Trinajstić information content (AvgIpc) is 2.73. The molecular formula is C26H31ClN2O. The highest BCUT2D eigenvalue weighted by atomic mass is 35.5. The minimum absolute atomic E-state index is 0.394. The van der Waals surface area contributed by atoms with E-state index in [1.807, 2.05) is 12.1 Å². The fourth-order valence-corrected chi connectivity index (χ4v) is 3.61. The molecule has 3 aromatic rings. The molecule has 0 heterocycles. The van der Waals surface area contributed by atoms with Gasteiger partial charge in [0.05, 0.1) is 7.11 Å². The van der Waals surface area contributed by atoms with E-state index in [0.29, 0.717) is 17.0 Å². The first kappa shape index (κ1) is 22.0. The summed E-state index contributed by atoms with van der Waals surface area (Å²) in [7, 11) is 1.70. The lowest BCUT2D eigenvalue weighted by molar-refractivity contribution is 0.416. The maximum Gasteiger partial charge on any atom is 0.127 e. The number of nitrogens with one attached hydrogen (secondary N) is 2. The van der Waals surface area contributed by atoms with Crippen LogP contribution in [0.15, 0.2) is 60.7 Å². The zero-order chi connectivity index (χ0) is 21.7. The van der Waals surface area contributed by atoms with Crippen LogP contribution in [0.5, 0.6) is 5.75 Å². The molecule has 0 amide bonds. The Bertz CT molecular complexity index is 964. The molecule has 0 radical (unpaired) electrons. The number of methoxy groups -OCH3 is 1. The number of halogens is 1. The Morgan fingerprint density at radius 3 is 1.90 bits per heavy atom. The van der Waals surface area contributed by atoms with Gasteiger partial charge in [0.1, 0.15) is 5.75 Å². The van der Waals surface area contributed by atoms with Crippen molar-refractivity contribution < 1.29 is 4.74 Å². The molecule has 0 saturated carbocycles. The molecule has 158 valence electrons. The minimum Gasteiger partial charge on any atom is -0.496 e. The maximum atomic E-state index is 6.70. The highest BCUT2D eigenvalue weighted by Gasteiger charge is 2.13. The second kappa shape index (κ2) is 9.90. The van der Waals surface area contributed by atoms with Crippen molar-refractivity contribution in [3.63, 3.8) is 0 Å². The van der Waals surface area contributed by atoms with Crippen LogP contribution in [0.3, 0.4) is 0 Å². The normalized spacial score (nSPS) is 11.1. The number of anilines is 2. The van der Waals surface area contributed by atoms with Crippen molar-refractivity contribution in [3.8, 4) is 28.0 Å². The van der Waals surface area contributed by atoms with Gasteiger partial charge in [-0.1, -0.05) is 49.7 Å². The lowest BCUT2D eigenvalue weighted by Crippen LogP contribution is -2.09. The van der Waals surface area contributed by atoms with E-state index in [2.05, 4.69) is 86.9 Å². The standard InChI is InChI=1S/C26H31ClN2O/c1-17(2)16-28-21-10-6-20(7-11-21)24-14-25(27)23(15-26(24)30-5)19-8-12-22(13-9-19)29-18(3)4/h6-15,17-18,28-29H,16H2,1-5H3. The molecule has 3 nitrogen and oxygen atoms in total. The third-order valence-corrected chi connectivity index (χ3v) is 5.16. The van der Waals surface area contributed by atoms with Crippen LogP contribution in [0.4, 0.5) is 11.4 Å². The summed E-state index contributed by atoms with van der Waals surface area (Å²) in [6.45, 7) is 9.60. The first-order valence-corrected chi connectivity index (χ1v) is 10.8. The number of hydrogen-bond acceptors (Lipinski definition) is 3. The summed E-state index contributed by atoms with van der Waals surface area (Å²) >= 11 is 6.70. The molecule has 0 spiro atoms. The van der Waals surface area contributed by atoms with Crippen molar-refractivity contribution in [1.29, 1.82) is 0 Å². The van der Waals surface area contributed by atoms with Crippen molar-refractivity contribution in [3.05, 3.63) is 65.7 Å². The quantitative estimate of drug-likeness (QED) is 0.392. The second-order valence-corrected chi connectivity index (χ2v) is 8.67. The van der Waals surface area contributed by atoms with Gasteiger partial charge in [-0.25, -0.2) is 0 Å². The summed E-state index contributed by atoms with van der Waals surface area (Å²) in [5, 5.41) is 7.56. The molecule has 0 bridgehead atoms. The topological polar surface area (TPSA) is 33.3 Å². The van der Waals surface area contributed by atoms with E-state index in [0.717, 1.165) is 45.9 Å². The molecule has 30 heavy (non-hydrogen) atoms. The Hall–Kier alpha value is -2.65. The number of hydrogen-bond donors (Lipinski definition) is 2. The largest absolute Gasteiger partial charge is 0.496 e. The van der Waals surface area contributed by atoms with Gasteiger partial charge in [0.15, 0.2) is 0 Å². The van der Waals surface area contributed by atoms with E-state index >= 15 is 0 Å². The van der Waals surface area contributed by atoms with Crippen LogP contribution in [0.2, 0.25) is 5.02 Å². The van der Waals surface area contributed by atoms with Crippen LogP contribution in [-0.2, 0) is 0 Å². The predicted octanol–water partition coefficient (Wildman–Crippen LogP) is 7.57. The van der Waals surface area contributed by atoms with Gasteiger partial charge >= 0.3 is 0 Å². The number of ether oxygens (including phenoxy) is 1. The first-order chi connectivity index (χ1) is 14.4. The SMILES string of the molecule is COc1cc(-c2ccc(NC(C)C)cc2)c(Cl)cc1-c1ccc(NCC(C)C)cc1. The van der Waals surface area contributed by atoms with Crippen LogP contribution in [0.25, 0.3) is 22.3 Å². The molecule has 0 aromatic heterocycles. The number of rotatable bonds is 8. The van der Waals surface area contributed by atoms with E-state index in [4.69, 9.17) is 16.3 Å². The van der Waals surface area contributed by atoms with Crippen molar-refractivity contribution in [2.75, 3.05) is 24.3 Å². The highest BCUT2D eigenvalue weighted by Crippen LogP contribution is 2.39. The molecule has 3 aromatic carbocycles. The molecule has 0 aliphatic rings. The zero-order valence-corrected chi connectivity index (χ0v) is 19.2. The third kappa shape index (κ3) is 5.48. The Labute approximate surface area is 185 Å². The second-order valence-electron chi connectivity index (χ2n) is 8.26. The summed E-state index contributed by atoms with van der Waals surface area (Å²) in [5.74, 6) is 1.41. The fraction of sp³-hybridized carbons (Fsp3) is 0.308. The lowest BCUT2D eigenvalue weighted by Gasteiger charge is -2.15. The molecular weight excluding hydrogens is 392 g/mol. The van der Waals surface area contributed by atoms with E-state index in [1.54, 1.807) is 7.11 Å². The van der Waals surface area contributed by atoms with Gasteiger partial charge in [0, 0.05) is 40.1 Å². The summed E-state index contributed by atoms with van der Waals surface area (Å²) in [6.07, 6.45) is 0. The monoisotopic (exact) mass is 422 g/mol. The molecule has 0 fully saturated rings. The van der Waals surface area contributed by atoms with E-state index in [-0.39, 0.29) is 0 Å². The van der Waals surface area contributed by atoms with Crippen molar-refractivity contribution in [2.24, 2.45) is 5.92 Å². The molecule has 0 aliphatic carbocycles. The Balaban J connectivity index is 1.89. The maximum absolute atomic E-state index is 6.70. The van der Waals surface area contributed by atoms with Crippen LogP contribution < -0.4 is 15.4 Å². The van der Waals surface area contributed by atoms with E-state index in [1.165, 1.54) is 0 Å². The van der Waals surface area contributed by atoms with Crippen LogP contribution in [0, 0.1) is 5.92 Å². The number of benzene rings is 3. The minimum atomic E-state index is 0.394. The summed E-state index contributed by atoms with van der Waals surface area (Å²) in [6, 6.07) is 21.1. The van der Waals surface area contributed by atoms with Gasteiger partial charge < -0.3 is 15.4 Å². The third-order valence-electron chi connectivity index (χ3n) is 4.85. The van der Waals surface area contributed by atoms with E-state index in [9.17, 15) is 0 Å². The summed E-state index contributed by atoms with van der Waals surface area (Å²) in [4.78, 5) is 0. The molecule has 0 aliphatic heterocycles. The molecule has 4 heteroatoms. The van der Waals surface area contributed by atoms with Gasteiger partial charge in [-0.3, -0.25) is 0 Å². The molecule has 0 saturated heterocycles. The van der Waals surface area contributed by atoms with E-state index < -0.39 is 0 Å². The molecule has 2 N–H and O–H groups in total. The van der Waals surface area contributed by atoms with Gasteiger partial charge in [-0.15, -0.1) is 0 Å². The Morgan fingerprint density at radius 1 is 0.800 bits per heavy atom. The van der Waals surface area contributed by atoms with Gasteiger partial charge in [-0.05, 0) is 67.3 Å². The molecule has 3 rings (SSSR count). The molecule has 0 unspecified atom stereocenters. The Kier molecular flexibility index (Phi) is 7.28. The summed E-state index contributed by atoms with van der Waals surface area (Å²) < 4.78 is 5.72. The van der Waals surface area contributed by atoms with Gasteiger partial charge in [-0.2, -0.15) is 0 Å². The smallest absolute Gasteiger partial charge is 0.127 e. The zero-order valence-electron chi connectivity index (χ0n) is 18.4.